The van der Waals surface area contributed by atoms with E-state index in [0.717, 1.165) is 16.9 Å². The van der Waals surface area contributed by atoms with Crippen LogP contribution in [0.15, 0.2) is 78.4 Å². The zero-order valence-electron chi connectivity index (χ0n) is 15.9. The minimum absolute atomic E-state index is 0.206. The molecule has 2 heteroatoms. The third-order valence-corrected chi connectivity index (χ3v) is 6.03. The van der Waals surface area contributed by atoms with Gasteiger partial charge in [0.1, 0.15) is 5.84 Å². The van der Waals surface area contributed by atoms with E-state index in [1.807, 2.05) is 6.92 Å². The fraction of sp³-hybridized carbons (Fsp3) is 0.160. The lowest BCUT2D eigenvalue weighted by atomic mass is 9.72. The second-order valence-electron chi connectivity index (χ2n) is 7.78. The fourth-order valence-corrected chi connectivity index (χ4v) is 4.77. The first-order valence-electron chi connectivity index (χ1n) is 9.44. The van der Waals surface area contributed by atoms with Gasteiger partial charge in [0.15, 0.2) is 0 Å². The lowest BCUT2D eigenvalue weighted by Gasteiger charge is -2.43. The molecule has 27 heavy (non-hydrogen) atoms. The molecule has 5 rings (SSSR count). The summed E-state index contributed by atoms with van der Waals surface area (Å²) in [4.78, 5) is 2.15. The number of benzene rings is 3. The molecule has 0 fully saturated rings. The molecule has 0 atom stereocenters. The van der Waals surface area contributed by atoms with E-state index in [1.54, 1.807) is 0 Å². The summed E-state index contributed by atoms with van der Waals surface area (Å²) in [5.74, 6) is 0.572. The van der Waals surface area contributed by atoms with Crippen molar-refractivity contribution in [2.24, 2.45) is 0 Å². The zero-order chi connectivity index (χ0) is 18.8. The molecule has 3 aromatic rings. The summed E-state index contributed by atoms with van der Waals surface area (Å²) in [6.45, 7) is 6.50. The average molecular weight is 350 g/mol. The molecule has 0 saturated carbocycles. The smallest absolute Gasteiger partial charge is 0.133 e. The summed E-state index contributed by atoms with van der Waals surface area (Å²) in [5.41, 5.74) is 9.19. The van der Waals surface area contributed by atoms with E-state index in [2.05, 4.69) is 91.6 Å². The number of anilines is 2. The highest BCUT2D eigenvalue weighted by molar-refractivity contribution is 6.21. The van der Waals surface area contributed by atoms with Gasteiger partial charge < -0.3 is 0 Å². The van der Waals surface area contributed by atoms with Crippen molar-refractivity contribution < 1.29 is 0 Å². The number of para-hydroxylation sites is 2. The van der Waals surface area contributed by atoms with E-state index in [4.69, 9.17) is 5.41 Å². The number of allylic oxidation sites excluding steroid dienone is 1. The molecular formula is C25H22N2. The van der Waals surface area contributed by atoms with Crippen LogP contribution in [0.25, 0.3) is 22.3 Å². The minimum Gasteiger partial charge on any atom is -0.294 e. The Kier molecular flexibility index (Phi) is 3.23. The molecule has 2 aliphatic heterocycles. The average Bonchev–Trinajstić information content (AvgIpc) is 2.80. The molecular weight excluding hydrogens is 328 g/mol. The number of nitrogens with zero attached hydrogens (tertiary/aromatic N) is 1. The topological polar surface area (TPSA) is 27.1 Å². The summed E-state index contributed by atoms with van der Waals surface area (Å²) in [6, 6.07) is 23.6. The van der Waals surface area contributed by atoms with Crippen LogP contribution in [0.4, 0.5) is 11.4 Å². The van der Waals surface area contributed by atoms with Crippen LogP contribution in [-0.4, -0.2) is 5.84 Å². The van der Waals surface area contributed by atoms with Crippen molar-refractivity contribution in [1.82, 2.24) is 0 Å². The van der Waals surface area contributed by atoms with Crippen LogP contribution in [-0.2, 0) is 5.41 Å². The van der Waals surface area contributed by atoms with E-state index in [9.17, 15) is 0 Å². The van der Waals surface area contributed by atoms with E-state index in [1.165, 1.54) is 27.8 Å². The number of fused-ring (bicyclic) bond motifs is 5. The molecule has 0 bridgehead atoms. The third kappa shape index (κ3) is 1.98. The van der Waals surface area contributed by atoms with Crippen molar-refractivity contribution in [3.8, 4) is 22.3 Å². The maximum Gasteiger partial charge on any atom is 0.133 e. The summed E-state index contributed by atoms with van der Waals surface area (Å²) in [6.07, 6.45) is 2.10. The van der Waals surface area contributed by atoms with Crippen molar-refractivity contribution in [3.05, 3.63) is 83.9 Å². The highest BCUT2D eigenvalue weighted by atomic mass is 15.2. The van der Waals surface area contributed by atoms with Gasteiger partial charge in [0.05, 0.1) is 11.4 Å². The predicted molar refractivity (Wildman–Crippen MR) is 114 cm³/mol. The first-order valence-corrected chi connectivity index (χ1v) is 9.44. The third-order valence-electron chi connectivity index (χ3n) is 6.03. The van der Waals surface area contributed by atoms with Gasteiger partial charge in [0, 0.05) is 22.1 Å². The number of rotatable bonds is 0. The monoisotopic (exact) mass is 350 g/mol. The molecule has 2 nitrogen and oxygen atoms in total. The molecule has 3 aromatic carbocycles. The van der Waals surface area contributed by atoms with E-state index in [-0.39, 0.29) is 5.41 Å². The molecule has 2 heterocycles. The molecule has 1 N–H and O–H groups in total. The molecule has 0 saturated heterocycles. The van der Waals surface area contributed by atoms with E-state index < -0.39 is 0 Å². The van der Waals surface area contributed by atoms with Gasteiger partial charge in [0.25, 0.3) is 0 Å². The Morgan fingerprint density at radius 2 is 1.37 bits per heavy atom. The minimum atomic E-state index is -0.206. The van der Waals surface area contributed by atoms with E-state index >= 15 is 0 Å². The molecule has 0 amide bonds. The Balaban J connectivity index is 2.01. The van der Waals surface area contributed by atoms with Crippen molar-refractivity contribution in [2.45, 2.75) is 26.2 Å². The summed E-state index contributed by atoms with van der Waals surface area (Å²) in [5, 5.41) is 9.11. The molecule has 0 spiro atoms. The number of hydrogen-bond acceptors (Lipinski definition) is 1. The Morgan fingerprint density at radius 1 is 0.778 bits per heavy atom. The van der Waals surface area contributed by atoms with Crippen LogP contribution in [0, 0.1) is 5.41 Å². The molecule has 2 aliphatic rings. The SMILES string of the molecule is C/C=C1\C(=N)N2c3ccccc3-c3ccccc3-c3cccc(c32)C1(C)C. The highest BCUT2D eigenvalue weighted by Crippen LogP contribution is 2.55. The van der Waals surface area contributed by atoms with Crippen molar-refractivity contribution in [2.75, 3.05) is 4.90 Å². The van der Waals surface area contributed by atoms with Gasteiger partial charge in [-0.2, -0.15) is 0 Å². The molecule has 0 unspecified atom stereocenters. The van der Waals surface area contributed by atoms with Gasteiger partial charge in [-0.05, 0) is 29.7 Å². The van der Waals surface area contributed by atoms with Crippen LogP contribution in [0.3, 0.4) is 0 Å². The zero-order valence-corrected chi connectivity index (χ0v) is 15.9. The van der Waals surface area contributed by atoms with Crippen LogP contribution in [0.5, 0.6) is 0 Å². The lowest BCUT2D eigenvalue weighted by Crippen LogP contribution is -2.41. The van der Waals surface area contributed by atoms with Gasteiger partial charge in [-0.1, -0.05) is 80.6 Å². The van der Waals surface area contributed by atoms with Gasteiger partial charge in [-0.15, -0.1) is 0 Å². The maximum atomic E-state index is 9.11. The van der Waals surface area contributed by atoms with Crippen molar-refractivity contribution >= 4 is 17.2 Å². The molecule has 0 radical (unpaired) electrons. The second kappa shape index (κ2) is 5.43. The summed E-state index contributed by atoms with van der Waals surface area (Å²) < 4.78 is 0. The van der Waals surface area contributed by atoms with Crippen LogP contribution in [0.2, 0.25) is 0 Å². The maximum absolute atomic E-state index is 9.11. The van der Waals surface area contributed by atoms with Gasteiger partial charge in [0.2, 0.25) is 0 Å². The van der Waals surface area contributed by atoms with Crippen LogP contribution in [0.1, 0.15) is 26.3 Å². The molecule has 0 aliphatic carbocycles. The van der Waals surface area contributed by atoms with Crippen molar-refractivity contribution in [3.63, 3.8) is 0 Å². The summed E-state index contributed by atoms with van der Waals surface area (Å²) in [7, 11) is 0. The standard InChI is InChI=1S/C25H22N2/c1-4-20-24(26)27-22-15-8-7-12-18(22)16-10-5-6-11-17(16)19-13-9-14-21(23(19)27)25(20,2)3/h4-15,26H,1-3H3/b20-4+,26-24?. The van der Waals surface area contributed by atoms with Crippen molar-refractivity contribution in [1.29, 1.82) is 5.41 Å². The first-order chi connectivity index (χ1) is 13.1. The summed E-state index contributed by atoms with van der Waals surface area (Å²) >= 11 is 0. The number of amidine groups is 1. The van der Waals surface area contributed by atoms with Crippen LogP contribution >= 0.6 is 0 Å². The van der Waals surface area contributed by atoms with E-state index in [0.29, 0.717) is 5.84 Å². The number of nitrogens with one attached hydrogen (secondary N) is 1. The Morgan fingerprint density at radius 3 is 2.07 bits per heavy atom. The van der Waals surface area contributed by atoms with Gasteiger partial charge in [-0.3, -0.25) is 10.3 Å². The quantitative estimate of drug-likeness (QED) is 0.480. The Labute approximate surface area is 160 Å². The Hall–Kier alpha value is -3.13. The fourth-order valence-electron chi connectivity index (χ4n) is 4.77. The number of hydrogen-bond donors (Lipinski definition) is 1. The lowest BCUT2D eigenvalue weighted by molar-refractivity contribution is 0.636. The first kappa shape index (κ1) is 16.1. The second-order valence-corrected chi connectivity index (χ2v) is 7.78. The van der Waals surface area contributed by atoms with Crippen LogP contribution < -0.4 is 4.90 Å². The van der Waals surface area contributed by atoms with Gasteiger partial charge >= 0.3 is 0 Å². The largest absolute Gasteiger partial charge is 0.294 e. The highest BCUT2D eigenvalue weighted by Gasteiger charge is 2.42. The van der Waals surface area contributed by atoms with Gasteiger partial charge in [-0.25, -0.2) is 0 Å². The normalized spacial score (nSPS) is 17.8. The molecule has 0 aromatic heterocycles. The predicted octanol–water partition coefficient (Wildman–Crippen LogP) is 6.69. The molecule has 132 valence electrons. The Bertz CT molecular complexity index is 1130.